The van der Waals surface area contributed by atoms with Crippen LogP contribution in [0.2, 0.25) is 0 Å². The lowest BCUT2D eigenvalue weighted by Gasteiger charge is -2.36. The highest BCUT2D eigenvalue weighted by molar-refractivity contribution is 5.90. The van der Waals surface area contributed by atoms with Crippen LogP contribution in [0.3, 0.4) is 0 Å². The zero-order valence-electron chi connectivity index (χ0n) is 32.8. The van der Waals surface area contributed by atoms with Crippen LogP contribution in [-0.2, 0) is 17.6 Å². The van der Waals surface area contributed by atoms with E-state index >= 15 is 0 Å². The number of carbonyl (C=O) groups excluding carboxylic acids is 3. The Bertz CT molecular complexity index is 2060. The van der Waals surface area contributed by atoms with Crippen molar-refractivity contribution in [1.82, 2.24) is 35.1 Å². The number of amides is 3. The highest BCUT2D eigenvalue weighted by atomic mass is 19.2. The second kappa shape index (κ2) is 19.9. The van der Waals surface area contributed by atoms with E-state index in [1.54, 1.807) is 42.7 Å². The molecule has 6 rings (SSSR count). The fourth-order valence-electron chi connectivity index (χ4n) is 7.03. The number of nitrogens with two attached hydrogens (primary N) is 1. The molecule has 316 valence electrons. The van der Waals surface area contributed by atoms with Gasteiger partial charge in [-0.2, -0.15) is 0 Å². The first-order valence-corrected chi connectivity index (χ1v) is 19.1. The molecule has 3 amide bonds. The Morgan fingerprint density at radius 3 is 1.47 bits per heavy atom. The second-order valence-electron chi connectivity index (χ2n) is 15.4. The highest BCUT2D eigenvalue weighted by Gasteiger charge is 2.33. The number of ether oxygens (including phenoxy) is 1. The molecule has 2 fully saturated rings. The largest absolute Gasteiger partial charge is 0.444 e. The Morgan fingerprint density at radius 1 is 0.661 bits per heavy atom. The molecule has 2 aliphatic rings. The maximum Gasteiger partial charge on any atom is 0.407 e. The molecule has 0 bridgehead atoms. The first kappa shape index (κ1) is 44.5. The van der Waals surface area contributed by atoms with E-state index < -0.39 is 58.7 Å². The Kier molecular flexibility index (Phi) is 15.0. The molecule has 0 spiro atoms. The summed E-state index contributed by atoms with van der Waals surface area (Å²) < 4.78 is 86.8. The van der Waals surface area contributed by atoms with Gasteiger partial charge in [-0.15, -0.1) is 0 Å². The van der Waals surface area contributed by atoms with Crippen LogP contribution < -0.4 is 11.1 Å². The number of carbonyl (C=O) groups is 3. The lowest BCUT2D eigenvalue weighted by molar-refractivity contribution is 0.0449. The second-order valence-corrected chi connectivity index (χ2v) is 15.4. The number of aromatic nitrogens is 4. The van der Waals surface area contributed by atoms with Gasteiger partial charge in [-0.1, -0.05) is 0 Å². The number of alkyl carbamates (subject to hydrolysis) is 1. The molecular weight excluding hydrogens is 782 g/mol. The number of hydrogen-bond donors (Lipinski definition) is 2. The first-order valence-electron chi connectivity index (χ1n) is 19.1. The van der Waals surface area contributed by atoms with Crippen molar-refractivity contribution in [2.24, 2.45) is 17.6 Å². The summed E-state index contributed by atoms with van der Waals surface area (Å²) in [5.74, 6) is -6.79. The summed E-state index contributed by atoms with van der Waals surface area (Å²) in [6.07, 6.45) is 7.68. The molecule has 2 saturated heterocycles. The van der Waals surface area contributed by atoms with Gasteiger partial charge in [-0.25, -0.2) is 51.1 Å². The van der Waals surface area contributed by atoms with Crippen molar-refractivity contribution in [3.63, 3.8) is 0 Å². The van der Waals surface area contributed by atoms with Gasteiger partial charge in [0.05, 0.1) is 0 Å². The van der Waals surface area contributed by atoms with Crippen LogP contribution in [0.5, 0.6) is 0 Å². The molecule has 0 radical (unpaired) electrons. The number of likely N-dealkylation sites (tertiary alicyclic amines) is 2. The molecule has 3 N–H and O–H groups in total. The van der Waals surface area contributed by atoms with E-state index in [9.17, 15) is 40.7 Å². The average Bonchev–Trinajstić information content (AvgIpc) is 3.21. The lowest BCUT2D eigenvalue weighted by atomic mass is 9.85. The summed E-state index contributed by atoms with van der Waals surface area (Å²) in [4.78, 5) is 56.5. The van der Waals surface area contributed by atoms with Crippen LogP contribution in [0.1, 0.15) is 78.8 Å². The molecule has 0 unspecified atom stereocenters. The van der Waals surface area contributed by atoms with Crippen molar-refractivity contribution in [1.29, 1.82) is 0 Å². The SMILES string of the molecule is CC(C)(C)OC(=O)N[C@H](Cc1cc(F)c(F)cc1F)C1CCN(C(=O)c2ncccn2)CC1.N[C@H](Cc1cc(F)c(F)cc1F)C1CCN(C(=O)c2ncccn2)CC1. The maximum absolute atomic E-state index is 14.3. The summed E-state index contributed by atoms with van der Waals surface area (Å²) in [5, 5.41) is 2.76. The van der Waals surface area contributed by atoms with E-state index in [4.69, 9.17) is 10.5 Å². The van der Waals surface area contributed by atoms with E-state index in [2.05, 4.69) is 25.3 Å². The molecular formula is C41H46F6N8O4. The van der Waals surface area contributed by atoms with Gasteiger partial charge in [-0.3, -0.25) is 9.59 Å². The lowest BCUT2D eigenvalue weighted by Crippen LogP contribution is -2.49. The minimum atomic E-state index is -1.28. The molecule has 18 heteroatoms. The fraction of sp³-hybridized carbons (Fsp3) is 0.439. The molecule has 2 aliphatic heterocycles. The number of nitrogens with one attached hydrogen (secondary N) is 1. The van der Waals surface area contributed by atoms with E-state index in [1.807, 2.05) is 0 Å². The monoisotopic (exact) mass is 828 g/mol. The quantitative estimate of drug-likeness (QED) is 0.148. The normalized spacial score (nSPS) is 16.1. The van der Waals surface area contributed by atoms with Crippen molar-refractivity contribution < 1.29 is 45.5 Å². The zero-order valence-corrected chi connectivity index (χ0v) is 32.8. The fourth-order valence-corrected chi connectivity index (χ4v) is 7.03. The minimum absolute atomic E-state index is 0.0499. The third kappa shape index (κ3) is 12.4. The molecule has 2 aromatic heterocycles. The van der Waals surface area contributed by atoms with Gasteiger partial charge in [0, 0.05) is 75.2 Å². The number of nitrogens with zero attached hydrogens (tertiary/aromatic N) is 6. The standard InChI is InChI=1S/C23H27F3N4O3.C18H19F3N4O/c1-23(2,3)33-22(32)29-19(12-15-11-17(25)18(26)13-16(15)24)14-5-9-30(10-6-14)21(31)20-27-7-4-8-28-20;19-13-10-15(21)14(20)8-12(13)9-16(22)11-2-6-25(7-3-11)18(26)17-23-4-1-5-24-17/h4,7-8,11,13-14,19H,5-6,9-10,12H2,1-3H3,(H,29,32);1,4-5,8,10-11,16H,2-3,6-7,9,22H2/t19-;16-/m11/s1. The average molecular weight is 829 g/mol. The van der Waals surface area contributed by atoms with Crippen LogP contribution in [0.25, 0.3) is 0 Å². The maximum atomic E-state index is 14.3. The molecule has 2 aromatic carbocycles. The van der Waals surface area contributed by atoms with E-state index in [0.29, 0.717) is 64.0 Å². The third-order valence-corrected chi connectivity index (χ3v) is 10.1. The molecule has 12 nitrogen and oxygen atoms in total. The molecule has 0 saturated carbocycles. The molecule has 59 heavy (non-hydrogen) atoms. The molecule has 0 aliphatic carbocycles. The number of piperidine rings is 2. The Labute approximate surface area is 337 Å². The van der Waals surface area contributed by atoms with Crippen molar-refractivity contribution in [3.8, 4) is 0 Å². The van der Waals surface area contributed by atoms with Gasteiger partial charge in [0.25, 0.3) is 11.8 Å². The van der Waals surface area contributed by atoms with Gasteiger partial charge in [0.2, 0.25) is 11.6 Å². The summed E-state index contributed by atoms with van der Waals surface area (Å²) in [5.41, 5.74) is 5.43. The summed E-state index contributed by atoms with van der Waals surface area (Å²) in [6.45, 7) is 6.90. The van der Waals surface area contributed by atoms with Gasteiger partial charge in [-0.05, 0) is 107 Å². The Balaban J connectivity index is 0.000000230. The summed E-state index contributed by atoms with van der Waals surface area (Å²) in [7, 11) is 0. The topological polar surface area (TPSA) is 157 Å². The van der Waals surface area contributed by atoms with Gasteiger partial charge in [0.1, 0.15) is 17.2 Å². The van der Waals surface area contributed by atoms with Crippen LogP contribution in [0.15, 0.2) is 61.2 Å². The number of halogens is 6. The van der Waals surface area contributed by atoms with Gasteiger partial charge >= 0.3 is 6.09 Å². The minimum Gasteiger partial charge on any atom is -0.444 e. The van der Waals surface area contributed by atoms with Gasteiger partial charge < -0.3 is 25.6 Å². The van der Waals surface area contributed by atoms with Crippen LogP contribution >= 0.6 is 0 Å². The number of benzene rings is 2. The first-order chi connectivity index (χ1) is 28.0. The predicted octanol–water partition coefficient (Wildman–Crippen LogP) is 6.20. The molecule has 2 atom stereocenters. The highest BCUT2D eigenvalue weighted by Crippen LogP contribution is 2.27. The van der Waals surface area contributed by atoms with E-state index in [0.717, 1.165) is 12.1 Å². The smallest absolute Gasteiger partial charge is 0.407 e. The van der Waals surface area contributed by atoms with Crippen molar-refractivity contribution in [2.45, 2.75) is 77.0 Å². The van der Waals surface area contributed by atoms with Crippen LogP contribution in [0.4, 0.5) is 31.1 Å². The Hall–Kier alpha value is -5.65. The van der Waals surface area contributed by atoms with Crippen molar-refractivity contribution in [3.05, 3.63) is 119 Å². The number of rotatable bonds is 9. The molecule has 4 aromatic rings. The summed E-state index contributed by atoms with van der Waals surface area (Å²) >= 11 is 0. The zero-order chi connectivity index (χ0) is 42.9. The number of hydrogen-bond acceptors (Lipinski definition) is 9. The summed E-state index contributed by atoms with van der Waals surface area (Å²) in [6, 6.07) is 4.95. The third-order valence-electron chi connectivity index (χ3n) is 10.1. The van der Waals surface area contributed by atoms with Crippen LogP contribution in [-0.4, -0.2) is 91.5 Å². The van der Waals surface area contributed by atoms with E-state index in [1.165, 1.54) is 24.8 Å². The van der Waals surface area contributed by atoms with Crippen molar-refractivity contribution >= 4 is 17.9 Å². The van der Waals surface area contributed by atoms with E-state index in [-0.39, 0.29) is 59.3 Å². The van der Waals surface area contributed by atoms with Crippen LogP contribution in [0, 0.1) is 46.7 Å². The Morgan fingerprint density at radius 2 is 1.05 bits per heavy atom. The van der Waals surface area contributed by atoms with Gasteiger partial charge in [0.15, 0.2) is 23.3 Å². The van der Waals surface area contributed by atoms with Crippen molar-refractivity contribution in [2.75, 3.05) is 26.2 Å². The molecule has 4 heterocycles. The predicted molar refractivity (Wildman–Crippen MR) is 202 cm³/mol.